The highest BCUT2D eigenvalue weighted by atomic mass is 16.8. The lowest BCUT2D eigenvalue weighted by Crippen LogP contribution is -2.44. The molecule has 1 saturated heterocycles. The molecule has 1 aliphatic carbocycles. The number of nitrogens with zero attached hydrogens (tertiary/aromatic N) is 5. The Balaban J connectivity index is 1.32. The van der Waals surface area contributed by atoms with Gasteiger partial charge in [0.1, 0.15) is 29.3 Å². The van der Waals surface area contributed by atoms with Gasteiger partial charge in [0.2, 0.25) is 0 Å². The summed E-state index contributed by atoms with van der Waals surface area (Å²) in [4.78, 5) is 39.1. The standard InChI is InChI=1S/C36H51N5O6/c1-34(2,3)46-32(42)39(19-15-25-13-10-9-11-14-25)17-12-18-40(33(43)47-35(4,5)6)23-27-21-28(30-29(27)44-36(7,8)45-30)41-20-16-26-22-37-24-38-31(26)41/h9-11,13-14,16,20,22,24,27-30H,12,15,17-19,21,23H2,1-8H3/t27-,28-,29-,30+/m1/s1. The van der Waals surface area contributed by atoms with Crippen molar-refractivity contribution in [2.75, 3.05) is 26.2 Å². The van der Waals surface area contributed by atoms with E-state index in [1.54, 1.807) is 16.1 Å². The zero-order valence-electron chi connectivity index (χ0n) is 29.1. The molecular weight excluding hydrogens is 598 g/mol. The first-order valence-electron chi connectivity index (χ1n) is 16.7. The SMILES string of the molecule is CC(C)(C)OC(=O)N(CCCN(C[C@H]1C[C@@H](n2ccc3cncnc32)[C@@H]2OC(C)(C)O[C@H]12)C(=O)OC(C)(C)C)CCc1ccccc1. The molecule has 0 N–H and O–H groups in total. The Bertz CT molecular complexity index is 1510. The van der Waals surface area contributed by atoms with Crippen LogP contribution in [0.5, 0.6) is 0 Å². The fourth-order valence-electron chi connectivity index (χ4n) is 6.52. The number of ether oxygens (including phenoxy) is 4. The van der Waals surface area contributed by atoms with Crippen molar-refractivity contribution >= 4 is 23.2 Å². The highest BCUT2D eigenvalue weighted by molar-refractivity contribution is 5.75. The van der Waals surface area contributed by atoms with E-state index in [9.17, 15) is 9.59 Å². The Morgan fingerprint density at radius 1 is 0.915 bits per heavy atom. The van der Waals surface area contributed by atoms with Crippen molar-refractivity contribution in [2.45, 2.75) is 110 Å². The van der Waals surface area contributed by atoms with Gasteiger partial charge in [-0.2, -0.15) is 0 Å². The van der Waals surface area contributed by atoms with E-state index in [-0.39, 0.29) is 36.4 Å². The molecule has 11 nitrogen and oxygen atoms in total. The Hall–Kier alpha value is -3.70. The number of rotatable bonds is 10. The average molecular weight is 650 g/mol. The molecule has 1 saturated carbocycles. The number of benzene rings is 1. The second-order valence-electron chi connectivity index (χ2n) is 15.1. The van der Waals surface area contributed by atoms with Gasteiger partial charge in [-0.3, -0.25) is 0 Å². The molecule has 3 heterocycles. The summed E-state index contributed by atoms with van der Waals surface area (Å²) in [7, 11) is 0. The Morgan fingerprint density at radius 2 is 1.55 bits per heavy atom. The number of carbonyl (C=O) groups excluding carboxylic acids is 2. The van der Waals surface area contributed by atoms with Crippen LogP contribution in [-0.2, 0) is 25.4 Å². The van der Waals surface area contributed by atoms with E-state index in [1.165, 1.54) is 0 Å². The van der Waals surface area contributed by atoms with Gasteiger partial charge in [-0.25, -0.2) is 19.6 Å². The van der Waals surface area contributed by atoms with Gasteiger partial charge in [0.25, 0.3) is 0 Å². The molecule has 0 spiro atoms. The van der Waals surface area contributed by atoms with Gasteiger partial charge in [-0.05, 0) is 86.3 Å². The number of hydrogen-bond donors (Lipinski definition) is 0. The van der Waals surface area contributed by atoms with Gasteiger partial charge in [-0.1, -0.05) is 30.3 Å². The molecule has 4 atom stereocenters. The summed E-state index contributed by atoms with van der Waals surface area (Å²) in [5.41, 5.74) is 0.714. The predicted octanol–water partition coefficient (Wildman–Crippen LogP) is 6.62. The van der Waals surface area contributed by atoms with Crippen LogP contribution in [0, 0.1) is 5.92 Å². The molecule has 0 unspecified atom stereocenters. The minimum Gasteiger partial charge on any atom is -0.444 e. The molecule has 3 aromatic rings. The Morgan fingerprint density at radius 3 is 2.23 bits per heavy atom. The molecule has 2 aliphatic rings. The summed E-state index contributed by atoms with van der Waals surface area (Å²) in [6, 6.07) is 12.1. The van der Waals surface area contributed by atoms with Crippen LogP contribution >= 0.6 is 0 Å². The zero-order valence-corrected chi connectivity index (χ0v) is 29.1. The second kappa shape index (κ2) is 13.8. The van der Waals surface area contributed by atoms with E-state index >= 15 is 0 Å². The number of carbonyl (C=O) groups is 2. The van der Waals surface area contributed by atoms with E-state index in [0.29, 0.717) is 39.0 Å². The molecule has 1 aliphatic heterocycles. The maximum absolute atomic E-state index is 13.7. The molecule has 11 heteroatoms. The van der Waals surface area contributed by atoms with Crippen molar-refractivity contribution in [3.8, 4) is 0 Å². The molecule has 2 fully saturated rings. The summed E-state index contributed by atoms with van der Waals surface area (Å²) in [6.45, 7) is 16.8. The van der Waals surface area contributed by atoms with Crippen LogP contribution in [0.25, 0.3) is 11.0 Å². The molecule has 0 radical (unpaired) electrons. The molecule has 5 rings (SSSR count). The van der Waals surface area contributed by atoms with Crippen LogP contribution in [0.1, 0.15) is 79.8 Å². The third kappa shape index (κ3) is 9.01. The molecule has 2 aromatic heterocycles. The predicted molar refractivity (Wildman–Crippen MR) is 179 cm³/mol. The first kappa shape index (κ1) is 34.6. The quantitative estimate of drug-likeness (QED) is 0.241. The van der Waals surface area contributed by atoms with Crippen molar-refractivity contribution < 1.29 is 28.5 Å². The Kier molecular flexibility index (Phi) is 10.2. The van der Waals surface area contributed by atoms with E-state index in [2.05, 4.69) is 26.7 Å². The molecule has 256 valence electrons. The molecular formula is C36H51N5O6. The van der Waals surface area contributed by atoms with E-state index in [4.69, 9.17) is 18.9 Å². The summed E-state index contributed by atoms with van der Waals surface area (Å²) >= 11 is 0. The molecule has 0 bridgehead atoms. The lowest BCUT2D eigenvalue weighted by atomic mass is 10.0. The molecule has 2 amide bonds. The van der Waals surface area contributed by atoms with Crippen LogP contribution in [0.2, 0.25) is 0 Å². The summed E-state index contributed by atoms with van der Waals surface area (Å²) in [5, 5.41) is 0.961. The van der Waals surface area contributed by atoms with E-state index in [1.807, 2.05) is 92.0 Å². The number of hydrogen-bond acceptors (Lipinski definition) is 8. The Labute approximate surface area is 278 Å². The zero-order chi connectivity index (χ0) is 34.0. The second-order valence-corrected chi connectivity index (χ2v) is 15.1. The summed E-state index contributed by atoms with van der Waals surface area (Å²) in [6.07, 6.45) is 6.22. The fourth-order valence-corrected chi connectivity index (χ4v) is 6.52. The van der Waals surface area contributed by atoms with Crippen LogP contribution in [0.3, 0.4) is 0 Å². The van der Waals surface area contributed by atoms with Crippen LogP contribution in [-0.4, -0.2) is 91.9 Å². The lowest BCUT2D eigenvalue weighted by Gasteiger charge is -2.32. The van der Waals surface area contributed by atoms with Gasteiger partial charge in [0.15, 0.2) is 5.79 Å². The first-order chi connectivity index (χ1) is 22.1. The first-order valence-corrected chi connectivity index (χ1v) is 16.7. The third-order valence-electron chi connectivity index (χ3n) is 8.41. The lowest BCUT2D eigenvalue weighted by molar-refractivity contribution is -0.160. The average Bonchev–Trinajstić information content (AvgIpc) is 3.63. The minimum atomic E-state index is -0.756. The number of aromatic nitrogens is 3. The highest BCUT2D eigenvalue weighted by Gasteiger charge is 2.55. The maximum atomic E-state index is 13.7. The van der Waals surface area contributed by atoms with Crippen LogP contribution in [0.4, 0.5) is 9.59 Å². The number of amides is 2. The largest absolute Gasteiger partial charge is 0.444 e. The summed E-state index contributed by atoms with van der Waals surface area (Å²) < 4.78 is 26.7. The van der Waals surface area contributed by atoms with Crippen molar-refractivity contribution in [1.29, 1.82) is 0 Å². The van der Waals surface area contributed by atoms with E-state index < -0.39 is 17.0 Å². The van der Waals surface area contributed by atoms with Crippen molar-refractivity contribution in [1.82, 2.24) is 24.3 Å². The minimum absolute atomic E-state index is 0.0152. The smallest absolute Gasteiger partial charge is 0.410 e. The highest BCUT2D eigenvalue weighted by Crippen LogP contribution is 2.48. The van der Waals surface area contributed by atoms with Crippen molar-refractivity contribution in [3.05, 3.63) is 60.7 Å². The van der Waals surface area contributed by atoms with Crippen LogP contribution in [0.15, 0.2) is 55.1 Å². The van der Waals surface area contributed by atoms with Gasteiger partial charge in [0, 0.05) is 49.9 Å². The topological polar surface area (TPSA) is 108 Å². The van der Waals surface area contributed by atoms with Crippen molar-refractivity contribution in [2.24, 2.45) is 5.92 Å². The molecule has 1 aromatic carbocycles. The van der Waals surface area contributed by atoms with Gasteiger partial charge < -0.3 is 33.3 Å². The van der Waals surface area contributed by atoms with Crippen LogP contribution < -0.4 is 0 Å². The maximum Gasteiger partial charge on any atom is 0.410 e. The number of fused-ring (bicyclic) bond motifs is 2. The van der Waals surface area contributed by atoms with Crippen molar-refractivity contribution in [3.63, 3.8) is 0 Å². The van der Waals surface area contributed by atoms with Gasteiger partial charge in [-0.15, -0.1) is 0 Å². The third-order valence-corrected chi connectivity index (χ3v) is 8.41. The van der Waals surface area contributed by atoms with Gasteiger partial charge >= 0.3 is 12.2 Å². The normalized spacial score (nSPS) is 22.2. The van der Waals surface area contributed by atoms with Gasteiger partial charge in [0.05, 0.1) is 12.1 Å². The fraction of sp³-hybridized carbons (Fsp3) is 0.611. The molecule has 47 heavy (non-hydrogen) atoms. The monoisotopic (exact) mass is 649 g/mol. The summed E-state index contributed by atoms with van der Waals surface area (Å²) in [5.74, 6) is -0.772. The van der Waals surface area contributed by atoms with E-state index in [0.717, 1.165) is 23.0 Å².